The fourth-order valence-electron chi connectivity index (χ4n) is 3.69. The molecule has 2 aromatic heterocycles. The lowest BCUT2D eigenvalue weighted by Crippen LogP contribution is -2.41. The maximum absolute atomic E-state index is 12.6. The van der Waals surface area contributed by atoms with Gasteiger partial charge in [0, 0.05) is 43.1 Å². The normalized spacial score (nSPS) is 15.1. The number of rotatable bonds is 4. The second kappa shape index (κ2) is 8.16. The van der Waals surface area contributed by atoms with Crippen molar-refractivity contribution in [2.75, 3.05) is 25.5 Å². The fraction of sp³-hybridized carbons (Fsp3) is 0.350. The maximum Gasteiger partial charge on any atom is 0.321 e. The first-order valence-electron chi connectivity index (χ1n) is 9.28. The summed E-state index contributed by atoms with van der Waals surface area (Å²) in [5, 5.41) is 3.51. The number of fused-ring (bicyclic) bond motifs is 1. The number of imidazole rings is 1. The van der Waals surface area contributed by atoms with E-state index < -0.39 is 0 Å². The average molecular weight is 400 g/mol. The van der Waals surface area contributed by atoms with Gasteiger partial charge < -0.3 is 19.5 Å². The zero-order valence-corrected chi connectivity index (χ0v) is 16.4. The molecule has 1 fully saturated rings. The minimum atomic E-state index is -0.105. The lowest BCUT2D eigenvalue weighted by molar-refractivity contribution is 0.162. The number of methoxy groups -OCH3 is 1. The van der Waals surface area contributed by atoms with Crippen LogP contribution in [-0.4, -0.2) is 45.7 Å². The molecule has 2 amide bonds. The van der Waals surface area contributed by atoms with Crippen molar-refractivity contribution in [1.82, 2.24) is 19.4 Å². The molecular formula is C20H22ClN5O2. The minimum absolute atomic E-state index is 0.105. The number of piperidine rings is 1. The molecule has 0 unspecified atom stereocenters. The molecule has 3 aromatic rings. The van der Waals surface area contributed by atoms with Crippen LogP contribution in [0.3, 0.4) is 0 Å². The van der Waals surface area contributed by atoms with Gasteiger partial charge in [-0.25, -0.2) is 14.8 Å². The molecule has 1 saturated heterocycles. The number of hydrogen-bond acceptors (Lipinski definition) is 4. The Kier molecular flexibility index (Phi) is 5.45. The van der Waals surface area contributed by atoms with Crippen LogP contribution in [-0.2, 0) is 11.3 Å². The largest absolute Gasteiger partial charge is 0.377 e. The zero-order valence-electron chi connectivity index (χ0n) is 15.6. The fourth-order valence-corrected chi connectivity index (χ4v) is 3.88. The Balaban J connectivity index is 1.46. The highest BCUT2D eigenvalue weighted by atomic mass is 35.5. The van der Waals surface area contributed by atoms with Gasteiger partial charge in [0.25, 0.3) is 0 Å². The molecule has 146 valence electrons. The van der Waals surface area contributed by atoms with Gasteiger partial charge in [0.15, 0.2) is 5.65 Å². The maximum atomic E-state index is 12.6. The first-order valence-corrected chi connectivity index (χ1v) is 9.66. The molecule has 3 heterocycles. The molecule has 0 bridgehead atoms. The van der Waals surface area contributed by atoms with Gasteiger partial charge in [-0.3, -0.25) is 0 Å². The third-order valence-electron chi connectivity index (χ3n) is 4.99. The number of hydrogen-bond donors (Lipinski definition) is 1. The van der Waals surface area contributed by atoms with Crippen LogP contribution in [0.25, 0.3) is 11.2 Å². The highest BCUT2D eigenvalue weighted by Gasteiger charge is 2.27. The number of carbonyl (C=O) groups is 1. The van der Waals surface area contributed by atoms with Crippen molar-refractivity contribution in [3.63, 3.8) is 0 Å². The molecule has 0 radical (unpaired) electrons. The number of urea groups is 1. The Morgan fingerprint density at radius 3 is 2.86 bits per heavy atom. The van der Waals surface area contributed by atoms with Gasteiger partial charge in [0.1, 0.15) is 17.9 Å². The zero-order chi connectivity index (χ0) is 19.5. The molecule has 28 heavy (non-hydrogen) atoms. The van der Waals surface area contributed by atoms with E-state index in [-0.39, 0.29) is 12.1 Å². The molecule has 0 aliphatic carbocycles. The Bertz CT molecular complexity index is 982. The van der Waals surface area contributed by atoms with E-state index in [1.807, 2.05) is 29.2 Å². The van der Waals surface area contributed by atoms with E-state index in [2.05, 4.69) is 19.9 Å². The van der Waals surface area contributed by atoms with Crippen molar-refractivity contribution < 1.29 is 9.53 Å². The van der Waals surface area contributed by atoms with E-state index in [1.54, 1.807) is 25.4 Å². The molecule has 1 aliphatic rings. The Morgan fingerprint density at radius 2 is 2.11 bits per heavy atom. The topological polar surface area (TPSA) is 72.3 Å². The molecule has 1 aliphatic heterocycles. The summed E-state index contributed by atoms with van der Waals surface area (Å²) in [4.78, 5) is 23.6. The van der Waals surface area contributed by atoms with E-state index in [0.717, 1.165) is 29.8 Å². The van der Waals surface area contributed by atoms with Crippen molar-refractivity contribution in [1.29, 1.82) is 0 Å². The molecule has 1 N–H and O–H groups in total. The third-order valence-corrected chi connectivity index (χ3v) is 5.22. The first-order chi connectivity index (χ1) is 13.7. The summed E-state index contributed by atoms with van der Waals surface area (Å²) in [6.07, 6.45) is 3.45. The number of nitrogens with one attached hydrogen (secondary N) is 1. The summed E-state index contributed by atoms with van der Waals surface area (Å²) in [5.74, 6) is 0.873. The number of aromatic nitrogens is 3. The number of likely N-dealkylation sites (tertiary alicyclic amines) is 1. The molecule has 7 nitrogen and oxygen atoms in total. The first kappa shape index (κ1) is 18.7. The van der Waals surface area contributed by atoms with E-state index in [9.17, 15) is 4.79 Å². The monoisotopic (exact) mass is 399 g/mol. The predicted octanol–water partition coefficient (Wildman–Crippen LogP) is 4.10. The summed E-state index contributed by atoms with van der Waals surface area (Å²) < 4.78 is 7.50. The number of anilines is 1. The molecule has 0 spiro atoms. The molecular weight excluding hydrogens is 378 g/mol. The number of carbonyl (C=O) groups excluding carboxylic acids is 1. The van der Waals surface area contributed by atoms with Gasteiger partial charge in [-0.15, -0.1) is 0 Å². The Morgan fingerprint density at radius 1 is 1.29 bits per heavy atom. The Labute approximate surface area is 168 Å². The second-order valence-electron chi connectivity index (χ2n) is 6.84. The summed E-state index contributed by atoms with van der Waals surface area (Å²) in [6, 6.07) is 11.2. The number of amides is 2. The lowest BCUT2D eigenvalue weighted by Gasteiger charge is -2.33. The quantitative estimate of drug-likeness (QED) is 0.716. The summed E-state index contributed by atoms with van der Waals surface area (Å²) >= 11 is 5.99. The highest BCUT2D eigenvalue weighted by molar-refractivity contribution is 6.30. The third kappa shape index (κ3) is 3.81. The number of ether oxygens (including phenoxy) is 1. The minimum Gasteiger partial charge on any atom is -0.377 e. The van der Waals surface area contributed by atoms with Gasteiger partial charge in [0.2, 0.25) is 0 Å². The number of pyridine rings is 1. The van der Waals surface area contributed by atoms with Crippen LogP contribution in [0, 0.1) is 0 Å². The predicted molar refractivity (Wildman–Crippen MR) is 109 cm³/mol. The molecule has 0 saturated carbocycles. The van der Waals surface area contributed by atoms with Crippen LogP contribution in [0.5, 0.6) is 0 Å². The van der Waals surface area contributed by atoms with Crippen molar-refractivity contribution in [2.45, 2.75) is 25.5 Å². The van der Waals surface area contributed by atoms with Crippen LogP contribution in [0.15, 0.2) is 42.6 Å². The number of halogens is 1. The molecule has 8 heteroatoms. The Hall–Kier alpha value is -2.64. The van der Waals surface area contributed by atoms with Gasteiger partial charge in [-0.05, 0) is 43.2 Å². The van der Waals surface area contributed by atoms with Gasteiger partial charge in [-0.1, -0.05) is 17.7 Å². The van der Waals surface area contributed by atoms with Crippen molar-refractivity contribution in [3.8, 4) is 0 Å². The smallest absolute Gasteiger partial charge is 0.321 e. The standard InChI is InChI=1S/C20H22ClN5O2/c1-28-13-18-24-17-6-3-9-22-19(17)26(18)16-7-10-25(11-8-16)20(27)23-15-5-2-4-14(21)12-15/h2-6,9,12,16H,7-8,10-11,13H2,1H3,(H,23,27). The second-order valence-corrected chi connectivity index (χ2v) is 7.27. The summed E-state index contributed by atoms with van der Waals surface area (Å²) in [7, 11) is 1.67. The lowest BCUT2D eigenvalue weighted by atomic mass is 10.0. The van der Waals surface area contributed by atoms with Gasteiger partial charge >= 0.3 is 6.03 Å². The van der Waals surface area contributed by atoms with Gasteiger partial charge in [0.05, 0.1) is 0 Å². The van der Waals surface area contributed by atoms with Crippen molar-refractivity contribution in [3.05, 3.63) is 53.4 Å². The molecule has 4 rings (SSSR count). The summed E-state index contributed by atoms with van der Waals surface area (Å²) in [6.45, 7) is 1.76. The molecule has 0 atom stereocenters. The summed E-state index contributed by atoms with van der Waals surface area (Å²) in [5.41, 5.74) is 2.44. The SMILES string of the molecule is COCc1nc2cccnc2n1C1CCN(C(=O)Nc2cccc(Cl)c2)CC1. The highest BCUT2D eigenvalue weighted by Crippen LogP contribution is 2.28. The number of nitrogens with zero attached hydrogens (tertiary/aromatic N) is 4. The van der Waals surface area contributed by atoms with E-state index in [1.165, 1.54) is 0 Å². The van der Waals surface area contributed by atoms with Crippen LogP contribution < -0.4 is 5.32 Å². The van der Waals surface area contributed by atoms with E-state index >= 15 is 0 Å². The van der Waals surface area contributed by atoms with Gasteiger partial charge in [-0.2, -0.15) is 0 Å². The molecule has 1 aromatic carbocycles. The number of benzene rings is 1. The van der Waals surface area contributed by atoms with Crippen LogP contribution in [0.1, 0.15) is 24.7 Å². The average Bonchev–Trinajstić information content (AvgIpc) is 3.06. The van der Waals surface area contributed by atoms with E-state index in [4.69, 9.17) is 16.3 Å². The van der Waals surface area contributed by atoms with Crippen LogP contribution in [0.4, 0.5) is 10.5 Å². The van der Waals surface area contributed by atoms with Crippen LogP contribution in [0.2, 0.25) is 5.02 Å². The van der Waals surface area contributed by atoms with E-state index in [0.29, 0.717) is 30.4 Å². The van der Waals surface area contributed by atoms with Crippen molar-refractivity contribution in [2.24, 2.45) is 0 Å². The van der Waals surface area contributed by atoms with Crippen molar-refractivity contribution >= 4 is 34.5 Å². The van der Waals surface area contributed by atoms with Crippen LogP contribution >= 0.6 is 11.6 Å².